The largest absolute Gasteiger partial charge is 0.416 e. The van der Waals surface area contributed by atoms with E-state index in [1.165, 1.54) is 0 Å². The van der Waals surface area contributed by atoms with Crippen LogP contribution in [0.2, 0.25) is 0 Å². The molecule has 1 fully saturated rings. The molecule has 0 spiro atoms. The molecule has 108 valence electrons. The normalized spacial score (nSPS) is 29.0. The van der Waals surface area contributed by atoms with Crippen molar-refractivity contribution < 1.29 is 17.9 Å². The first kappa shape index (κ1) is 15.8. The fraction of sp³-hybridized carbons (Fsp3) is 1.00. The highest BCUT2D eigenvalue weighted by Gasteiger charge is 2.46. The van der Waals surface area contributed by atoms with E-state index in [9.17, 15) is 13.2 Å². The average Bonchev–Trinajstić information content (AvgIpc) is 2.34. The highest BCUT2D eigenvalue weighted by molar-refractivity contribution is 4.83. The number of hydrogen-bond acceptors (Lipinski definition) is 2. The van der Waals surface area contributed by atoms with Crippen molar-refractivity contribution >= 4 is 0 Å². The van der Waals surface area contributed by atoms with Gasteiger partial charge in [-0.05, 0) is 25.2 Å². The minimum Gasteiger partial charge on any atom is -0.364 e. The van der Waals surface area contributed by atoms with Crippen LogP contribution in [0.15, 0.2) is 0 Å². The van der Waals surface area contributed by atoms with Crippen LogP contribution in [0.25, 0.3) is 0 Å². The summed E-state index contributed by atoms with van der Waals surface area (Å²) in [4.78, 5) is 0. The Kier molecular flexibility index (Phi) is 5.92. The van der Waals surface area contributed by atoms with E-state index in [-0.39, 0.29) is 18.4 Å². The van der Waals surface area contributed by atoms with Crippen LogP contribution in [-0.2, 0) is 4.74 Å². The van der Waals surface area contributed by atoms with Crippen LogP contribution in [0.5, 0.6) is 0 Å². The number of alkyl halides is 3. The van der Waals surface area contributed by atoms with Crippen molar-refractivity contribution in [3.05, 3.63) is 0 Å². The van der Waals surface area contributed by atoms with Crippen LogP contribution in [0.1, 0.15) is 52.4 Å². The maximum atomic E-state index is 12.9. The van der Waals surface area contributed by atoms with Gasteiger partial charge >= 0.3 is 6.18 Å². The van der Waals surface area contributed by atoms with Gasteiger partial charge in [-0.15, -0.1) is 0 Å². The predicted molar refractivity (Wildman–Crippen MR) is 65.2 cm³/mol. The Morgan fingerprint density at radius 3 is 2.33 bits per heavy atom. The van der Waals surface area contributed by atoms with Crippen molar-refractivity contribution in [3.63, 3.8) is 0 Å². The fourth-order valence-electron chi connectivity index (χ4n) is 2.64. The number of hydrogen-bond donors (Lipinski definition) is 1. The van der Waals surface area contributed by atoms with Crippen molar-refractivity contribution in [2.24, 2.45) is 11.7 Å². The molecular weight excluding hydrogens is 243 g/mol. The van der Waals surface area contributed by atoms with Gasteiger partial charge in [0.2, 0.25) is 0 Å². The molecule has 1 aliphatic carbocycles. The highest BCUT2D eigenvalue weighted by Crippen LogP contribution is 2.34. The van der Waals surface area contributed by atoms with Gasteiger partial charge in [0.15, 0.2) is 6.10 Å². The molecule has 0 aromatic rings. The van der Waals surface area contributed by atoms with E-state index in [0.717, 1.165) is 32.1 Å². The van der Waals surface area contributed by atoms with Crippen LogP contribution >= 0.6 is 0 Å². The van der Waals surface area contributed by atoms with Crippen LogP contribution in [0, 0.1) is 5.92 Å². The zero-order chi connectivity index (χ0) is 13.8. The lowest BCUT2D eigenvalue weighted by molar-refractivity contribution is -0.247. The highest BCUT2D eigenvalue weighted by atomic mass is 19.4. The molecule has 4 atom stereocenters. The molecule has 0 amide bonds. The van der Waals surface area contributed by atoms with Crippen LogP contribution in [0.4, 0.5) is 13.2 Å². The van der Waals surface area contributed by atoms with Gasteiger partial charge in [0.05, 0.1) is 6.10 Å². The Hall–Kier alpha value is -0.290. The Bertz CT molecular complexity index is 245. The lowest BCUT2D eigenvalue weighted by atomic mass is 9.84. The molecule has 4 unspecified atom stereocenters. The summed E-state index contributed by atoms with van der Waals surface area (Å²) in [7, 11) is 0. The molecule has 2 nitrogen and oxygen atoms in total. The first-order valence-electron chi connectivity index (χ1n) is 6.87. The summed E-state index contributed by atoms with van der Waals surface area (Å²) < 4.78 is 44.2. The zero-order valence-corrected chi connectivity index (χ0v) is 11.2. The fourth-order valence-corrected chi connectivity index (χ4v) is 2.64. The van der Waals surface area contributed by atoms with Crippen molar-refractivity contribution in [2.45, 2.75) is 76.8 Å². The molecule has 2 N–H and O–H groups in total. The number of nitrogens with two attached hydrogens (primary N) is 1. The van der Waals surface area contributed by atoms with Gasteiger partial charge in [-0.2, -0.15) is 13.2 Å². The molecule has 1 aliphatic rings. The molecule has 0 bridgehead atoms. The Balaban J connectivity index is 2.69. The van der Waals surface area contributed by atoms with E-state index < -0.39 is 18.3 Å². The van der Waals surface area contributed by atoms with Crippen molar-refractivity contribution in [3.8, 4) is 0 Å². The summed E-state index contributed by atoms with van der Waals surface area (Å²) in [6.45, 7) is 3.67. The minimum absolute atomic E-state index is 0.243. The lowest BCUT2D eigenvalue weighted by Crippen LogP contribution is -2.49. The smallest absolute Gasteiger partial charge is 0.364 e. The summed E-state index contributed by atoms with van der Waals surface area (Å²) in [5, 5.41) is 0. The Labute approximate surface area is 107 Å². The molecule has 0 radical (unpaired) electrons. The summed E-state index contributed by atoms with van der Waals surface area (Å²) in [5.74, 6) is 0.243. The summed E-state index contributed by atoms with van der Waals surface area (Å²) >= 11 is 0. The number of halogens is 3. The van der Waals surface area contributed by atoms with Gasteiger partial charge in [-0.25, -0.2) is 0 Å². The second-order valence-electron chi connectivity index (χ2n) is 5.16. The van der Waals surface area contributed by atoms with E-state index in [1.807, 2.05) is 6.92 Å². The van der Waals surface area contributed by atoms with E-state index in [1.54, 1.807) is 6.92 Å². The molecule has 1 saturated carbocycles. The van der Waals surface area contributed by atoms with Crippen LogP contribution in [-0.4, -0.2) is 24.4 Å². The maximum Gasteiger partial charge on any atom is 0.416 e. The van der Waals surface area contributed by atoms with Gasteiger partial charge < -0.3 is 10.5 Å². The van der Waals surface area contributed by atoms with Crippen molar-refractivity contribution in [2.75, 3.05) is 0 Å². The Morgan fingerprint density at radius 2 is 1.83 bits per heavy atom. The third kappa shape index (κ3) is 4.12. The minimum atomic E-state index is -4.37. The quantitative estimate of drug-likeness (QED) is 0.825. The third-order valence-corrected chi connectivity index (χ3v) is 3.87. The van der Waals surface area contributed by atoms with E-state index >= 15 is 0 Å². The first-order valence-corrected chi connectivity index (χ1v) is 6.87. The van der Waals surface area contributed by atoms with Gasteiger partial charge in [0.1, 0.15) is 0 Å². The van der Waals surface area contributed by atoms with E-state index in [2.05, 4.69) is 0 Å². The second-order valence-corrected chi connectivity index (χ2v) is 5.16. The third-order valence-electron chi connectivity index (χ3n) is 3.87. The zero-order valence-electron chi connectivity index (χ0n) is 11.2. The predicted octanol–water partition coefficient (Wildman–Crippen LogP) is 3.64. The summed E-state index contributed by atoms with van der Waals surface area (Å²) in [6, 6.07) is -0.968. The van der Waals surface area contributed by atoms with Crippen molar-refractivity contribution in [1.29, 1.82) is 0 Å². The van der Waals surface area contributed by atoms with Gasteiger partial charge in [-0.3, -0.25) is 0 Å². The standard InChI is InChI=1S/C13H24F3NO/c1-3-9-7-5-6-8-11(9)18-12(10(17)4-2)13(14,15)16/h9-12H,3-8,17H2,1-2H3. The Morgan fingerprint density at radius 1 is 1.22 bits per heavy atom. The summed E-state index contributed by atoms with van der Waals surface area (Å²) in [6.07, 6.45) is -1.60. The number of rotatable bonds is 5. The molecule has 0 aromatic carbocycles. The van der Waals surface area contributed by atoms with E-state index in [4.69, 9.17) is 10.5 Å². The second kappa shape index (κ2) is 6.75. The molecule has 0 saturated heterocycles. The first-order chi connectivity index (χ1) is 8.40. The van der Waals surface area contributed by atoms with Gasteiger partial charge in [-0.1, -0.05) is 33.1 Å². The van der Waals surface area contributed by atoms with Crippen molar-refractivity contribution in [1.82, 2.24) is 0 Å². The lowest BCUT2D eigenvalue weighted by Gasteiger charge is -2.36. The monoisotopic (exact) mass is 267 g/mol. The maximum absolute atomic E-state index is 12.9. The average molecular weight is 267 g/mol. The van der Waals surface area contributed by atoms with Gasteiger partial charge in [0, 0.05) is 6.04 Å². The van der Waals surface area contributed by atoms with E-state index in [0.29, 0.717) is 0 Å². The van der Waals surface area contributed by atoms with Gasteiger partial charge in [0.25, 0.3) is 0 Å². The molecule has 5 heteroatoms. The van der Waals surface area contributed by atoms with Crippen LogP contribution < -0.4 is 5.73 Å². The molecule has 0 aliphatic heterocycles. The molecular formula is C13H24F3NO. The molecule has 18 heavy (non-hydrogen) atoms. The van der Waals surface area contributed by atoms with Crippen LogP contribution in [0.3, 0.4) is 0 Å². The topological polar surface area (TPSA) is 35.2 Å². The SMILES string of the molecule is CCC(N)C(OC1CCCCC1CC)C(F)(F)F. The summed E-state index contributed by atoms with van der Waals surface area (Å²) in [5.41, 5.74) is 5.56. The number of ether oxygens (including phenoxy) is 1. The molecule has 0 aromatic heterocycles. The molecule has 0 heterocycles. The molecule has 1 rings (SSSR count).